The Morgan fingerprint density at radius 1 is 1.16 bits per heavy atom. The summed E-state index contributed by atoms with van der Waals surface area (Å²) in [5.74, 6) is 1.28. The normalized spacial score (nSPS) is 23.4. The van der Waals surface area contributed by atoms with Gasteiger partial charge in [0.05, 0.1) is 0 Å². The van der Waals surface area contributed by atoms with Gasteiger partial charge >= 0.3 is 0 Å². The van der Waals surface area contributed by atoms with E-state index in [1.807, 2.05) is 17.0 Å². The van der Waals surface area contributed by atoms with Crippen LogP contribution in [0.4, 0.5) is 0 Å². The number of rotatable bonds is 5. The number of aromatic hydroxyl groups is 1. The summed E-state index contributed by atoms with van der Waals surface area (Å²) in [5.41, 5.74) is 1.17. The highest BCUT2D eigenvalue weighted by atomic mass is 16.3. The fraction of sp³-hybridized carbons (Fsp3) is 0.650. The summed E-state index contributed by atoms with van der Waals surface area (Å²) in [6.45, 7) is 11.5. The average molecular weight is 345 g/mol. The largest absolute Gasteiger partial charge is 0.508 e. The van der Waals surface area contributed by atoms with E-state index in [9.17, 15) is 9.90 Å². The van der Waals surface area contributed by atoms with Crippen molar-refractivity contribution >= 4 is 5.91 Å². The van der Waals surface area contributed by atoms with E-state index in [0.717, 1.165) is 52.2 Å². The molecule has 1 aromatic carbocycles. The van der Waals surface area contributed by atoms with Gasteiger partial charge in [0, 0.05) is 58.3 Å². The average Bonchev–Trinajstić information content (AvgIpc) is 2.58. The summed E-state index contributed by atoms with van der Waals surface area (Å²) in [6.07, 6.45) is 1.74. The van der Waals surface area contributed by atoms with Crippen LogP contribution in [0, 0.1) is 5.92 Å². The summed E-state index contributed by atoms with van der Waals surface area (Å²) < 4.78 is 0. The van der Waals surface area contributed by atoms with Crippen LogP contribution in [0.25, 0.3) is 0 Å². The SMILES string of the molecule is CC(C)N1CC(CN2CCN(Cc3cccc(O)c3)CC2)CCC1=O. The van der Waals surface area contributed by atoms with Gasteiger partial charge in [0.2, 0.25) is 5.91 Å². The van der Waals surface area contributed by atoms with Crippen LogP contribution in [0.3, 0.4) is 0 Å². The molecule has 0 bridgehead atoms. The van der Waals surface area contributed by atoms with Gasteiger partial charge in [0.15, 0.2) is 0 Å². The Morgan fingerprint density at radius 2 is 1.88 bits per heavy atom. The van der Waals surface area contributed by atoms with Gasteiger partial charge < -0.3 is 14.9 Å². The zero-order chi connectivity index (χ0) is 17.8. The van der Waals surface area contributed by atoms with E-state index in [-0.39, 0.29) is 0 Å². The maximum Gasteiger partial charge on any atom is 0.222 e. The van der Waals surface area contributed by atoms with Crippen molar-refractivity contribution < 1.29 is 9.90 Å². The number of piperazine rings is 1. The van der Waals surface area contributed by atoms with E-state index in [4.69, 9.17) is 0 Å². The van der Waals surface area contributed by atoms with Crippen molar-refractivity contribution in [2.24, 2.45) is 5.92 Å². The van der Waals surface area contributed by atoms with Crippen molar-refractivity contribution in [3.8, 4) is 5.75 Å². The number of piperidine rings is 1. The molecular weight excluding hydrogens is 314 g/mol. The molecular formula is C20H31N3O2. The van der Waals surface area contributed by atoms with E-state index < -0.39 is 0 Å². The maximum absolute atomic E-state index is 12.0. The third-order valence-corrected chi connectivity index (χ3v) is 5.46. The van der Waals surface area contributed by atoms with E-state index in [2.05, 4.69) is 29.7 Å². The van der Waals surface area contributed by atoms with E-state index in [1.54, 1.807) is 6.07 Å². The Morgan fingerprint density at radius 3 is 2.56 bits per heavy atom. The van der Waals surface area contributed by atoms with E-state index in [1.165, 1.54) is 5.56 Å². The molecule has 2 fully saturated rings. The molecule has 0 aliphatic carbocycles. The van der Waals surface area contributed by atoms with Gasteiger partial charge in [-0.25, -0.2) is 0 Å². The quantitative estimate of drug-likeness (QED) is 0.888. The molecule has 0 radical (unpaired) electrons. The van der Waals surface area contributed by atoms with Crippen molar-refractivity contribution in [3.63, 3.8) is 0 Å². The lowest BCUT2D eigenvalue weighted by atomic mass is 9.95. The molecule has 25 heavy (non-hydrogen) atoms. The van der Waals surface area contributed by atoms with Crippen LogP contribution in [-0.2, 0) is 11.3 Å². The minimum atomic E-state index is 0.314. The van der Waals surface area contributed by atoms with Crippen LogP contribution in [-0.4, -0.2) is 71.0 Å². The maximum atomic E-state index is 12.0. The first-order chi connectivity index (χ1) is 12.0. The van der Waals surface area contributed by atoms with Gasteiger partial charge in [-0.05, 0) is 43.9 Å². The predicted molar refractivity (Wildman–Crippen MR) is 99.4 cm³/mol. The van der Waals surface area contributed by atoms with Gasteiger partial charge in [0.25, 0.3) is 0 Å². The molecule has 1 unspecified atom stereocenters. The number of hydrogen-bond donors (Lipinski definition) is 1. The summed E-state index contributed by atoms with van der Waals surface area (Å²) in [5, 5.41) is 9.59. The number of nitrogens with zero attached hydrogens (tertiary/aromatic N) is 3. The number of carbonyl (C=O) groups is 1. The molecule has 2 aliphatic heterocycles. The first kappa shape index (κ1) is 18.2. The van der Waals surface area contributed by atoms with Crippen molar-refractivity contribution in [2.75, 3.05) is 39.3 Å². The van der Waals surface area contributed by atoms with Crippen LogP contribution in [0.5, 0.6) is 5.75 Å². The lowest BCUT2D eigenvalue weighted by Crippen LogP contribution is -2.51. The minimum Gasteiger partial charge on any atom is -0.508 e. The van der Waals surface area contributed by atoms with Gasteiger partial charge in [-0.2, -0.15) is 0 Å². The smallest absolute Gasteiger partial charge is 0.222 e. The number of benzene rings is 1. The molecule has 2 aliphatic rings. The molecule has 1 aromatic rings. The van der Waals surface area contributed by atoms with Crippen molar-refractivity contribution in [3.05, 3.63) is 29.8 Å². The number of amides is 1. The van der Waals surface area contributed by atoms with Crippen LogP contribution >= 0.6 is 0 Å². The Hall–Kier alpha value is -1.59. The lowest BCUT2D eigenvalue weighted by molar-refractivity contribution is -0.137. The van der Waals surface area contributed by atoms with Gasteiger partial charge in [-0.15, -0.1) is 0 Å². The zero-order valence-corrected chi connectivity index (χ0v) is 15.5. The molecule has 1 amide bonds. The number of phenols is 1. The van der Waals surface area contributed by atoms with Crippen molar-refractivity contribution in [2.45, 2.75) is 39.3 Å². The van der Waals surface area contributed by atoms with Crippen LogP contribution in [0.2, 0.25) is 0 Å². The third kappa shape index (κ3) is 4.95. The first-order valence-electron chi connectivity index (χ1n) is 9.53. The van der Waals surface area contributed by atoms with Crippen LogP contribution in [0.1, 0.15) is 32.3 Å². The second-order valence-corrected chi connectivity index (χ2v) is 7.79. The Kier molecular flexibility index (Phi) is 5.97. The molecule has 1 atom stereocenters. The van der Waals surface area contributed by atoms with Gasteiger partial charge in [-0.1, -0.05) is 12.1 Å². The highest BCUT2D eigenvalue weighted by Crippen LogP contribution is 2.21. The van der Waals surface area contributed by atoms with E-state index in [0.29, 0.717) is 30.0 Å². The Bertz CT molecular complexity index is 582. The number of likely N-dealkylation sites (tertiary alicyclic amines) is 1. The van der Waals surface area contributed by atoms with E-state index >= 15 is 0 Å². The molecule has 3 rings (SSSR count). The summed E-state index contributed by atoms with van der Waals surface area (Å²) in [7, 11) is 0. The second kappa shape index (κ2) is 8.19. The second-order valence-electron chi connectivity index (χ2n) is 7.79. The molecule has 5 heteroatoms. The van der Waals surface area contributed by atoms with Crippen LogP contribution in [0.15, 0.2) is 24.3 Å². The molecule has 2 heterocycles. The zero-order valence-electron chi connectivity index (χ0n) is 15.5. The Balaban J connectivity index is 1.44. The standard InChI is InChI=1S/C20H31N3O2/c1-16(2)23-15-18(6-7-20(23)25)14-22-10-8-21(9-11-22)13-17-4-3-5-19(24)12-17/h3-5,12,16,18,24H,6-11,13-15H2,1-2H3. The van der Waals surface area contributed by atoms with Gasteiger partial charge in [-0.3, -0.25) is 9.69 Å². The van der Waals surface area contributed by atoms with Crippen molar-refractivity contribution in [1.82, 2.24) is 14.7 Å². The molecule has 0 aromatic heterocycles. The fourth-order valence-electron chi connectivity index (χ4n) is 4.00. The molecule has 0 spiro atoms. The number of hydrogen-bond acceptors (Lipinski definition) is 4. The minimum absolute atomic E-state index is 0.314. The number of phenolic OH excluding ortho intramolecular Hbond substituents is 1. The van der Waals surface area contributed by atoms with Crippen molar-refractivity contribution in [1.29, 1.82) is 0 Å². The molecule has 5 nitrogen and oxygen atoms in total. The predicted octanol–water partition coefficient (Wildman–Crippen LogP) is 2.16. The Labute approximate surface area is 151 Å². The molecule has 1 N–H and O–H groups in total. The highest BCUT2D eigenvalue weighted by molar-refractivity contribution is 5.77. The molecule has 2 saturated heterocycles. The lowest BCUT2D eigenvalue weighted by Gasteiger charge is -2.40. The summed E-state index contributed by atoms with van der Waals surface area (Å²) in [4.78, 5) is 19.1. The highest BCUT2D eigenvalue weighted by Gasteiger charge is 2.29. The van der Waals surface area contributed by atoms with Crippen LogP contribution < -0.4 is 0 Å². The number of carbonyl (C=O) groups excluding carboxylic acids is 1. The summed E-state index contributed by atoms with van der Waals surface area (Å²) in [6, 6.07) is 7.87. The summed E-state index contributed by atoms with van der Waals surface area (Å²) >= 11 is 0. The third-order valence-electron chi connectivity index (χ3n) is 5.46. The topological polar surface area (TPSA) is 47.0 Å². The van der Waals surface area contributed by atoms with Gasteiger partial charge in [0.1, 0.15) is 5.75 Å². The molecule has 0 saturated carbocycles. The first-order valence-corrected chi connectivity index (χ1v) is 9.53. The monoisotopic (exact) mass is 345 g/mol. The fourth-order valence-corrected chi connectivity index (χ4v) is 4.00. The molecule has 138 valence electrons.